The van der Waals surface area contributed by atoms with Gasteiger partial charge in [-0.05, 0) is 17.7 Å². The molecule has 0 bridgehead atoms. The molecule has 1 aliphatic rings. The second kappa shape index (κ2) is 3.44. The van der Waals surface area contributed by atoms with Crippen molar-refractivity contribution < 1.29 is 9.50 Å². The predicted octanol–water partition coefficient (Wildman–Crippen LogP) is 1.00. The summed E-state index contributed by atoms with van der Waals surface area (Å²) in [5, 5.41) is 9.04. The fourth-order valence-electron chi connectivity index (χ4n) is 1.57. The van der Waals surface area contributed by atoms with Gasteiger partial charge in [0, 0.05) is 19.6 Å². The summed E-state index contributed by atoms with van der Waals surface area (Å²) in [6.07, 6.45) is -0.187. The number of hydrogen-bond acceptors (Lipinski definition) is 2. The zero-order valence-corrected chi connectivity index (χ0v) is 7.28. The lowest BCUT2D eigenvalue weighted by atomic mass is 10.1. The number of halogens is 1. The zero-order valence-electron chi connectivity index (χ0n) is 7.28. The third-order valence-electron chi connectivity index (χ3n) is 2.23. The van der Waals surface area contributed by atoms with Gasteiger partial charge in [0.05, 0.1) is 6.10 Å². The number of aliphatic hydroxyl groups excluding tert-OH is 1. The molecule has 1 heterocycles. The normalized spacial score (nSPS) is 18.6. The molecule has 13 heavy (non-hydrogen) atoms. The number of likely N-dealkylation sites (tertiary alicyclic amines) is 1. The Morgan fingerprint density at radius 1 is 1.46 bits per heavy atom. The summed E-state index contributed by atoms with van der Waals surface area (Å²) in [5.41, 5.74) is 0.965. The third-order valence-corrected chi connectivity index (χ3v) is 2.23. The second-order valence-corrected chi connectivity index (χ2v) is 3.48. The SMILES string of the molecule is OC1CN(Cc2cccc(F)c2)C1. The first-order valence-corrected chi connectivity index (χ1v) is 4.39. The maximum Gasteiger partial charge on any atom is 0.123 e. The average Bonchev–Trinajstić information content (AvgIpc) is 2.01. The van der Waals surface area contributed by atoms with Gasteiger partial charge >= 0.3 is 0 Å². The zero-order chi connectivity index (χ0) is 9.26. The van der Waals surface area contributed by atoms with E-state index in [0.29, 0.717) is 13.1 Å². The van der Waals surface area contributed by atoms with Crippen molar-refractivity contribution >= 4 is 0 Å². The van der Waals surface area contributed by atoms with Crippen molar-refractivity contribution in [2.75, 3.05) is 13.1 Å². The van der Waals surface area contributed by atoms with E-state index in [1.54, 1.807) is 6.07 Å². The minimum Gasteiger partial charge on any atom is -0.390 e. The molecular formula is C10H12FNO. The van der Waals surface area contributed by atoms with Gasteiger partial charge in [-0.25, -0.2) is 4.39 Å². The summed E-state index contributed by atoms with van der Waals surface area (Å²) in [4.78, 5) is 2.08. The second-order valence-electron chi connectivity index (χ2n) is 3.48. The van der Waals surface area contributed by atoms with Crippen molar-refractivity contribution in [3.63, 3.8) is 0 Å². The van der Waals surface area contributed by atoms with Gasteiger partial charge in [-0.3, -0.25) is 4.90 Å². The molecule has 0 spiro atoms. The van der Waals surface area contributed by atoms with E-state index < -0.39 is 0 Å². The molecule has 1 aliphatic heterocycles. The van der Waals surface area contributed by atoms with E-state index in [9.17, 15) is 4.39 Å². The lowest BCUT2D eigenvalue weighted by molar-refractivity contribution is -0.00289. The molecule has 0 amide bonds. The molecule has 1 aromatic carbocycles. The Hall–Kier alpha value is -0.930. The van der Waals surface area contributed by atoms with Crippen molar-refractivity contribution in [2.45, 2.75) is 12.6 Å². The van der Waals surface area contributed by atoms with Crippen LogP contribution in [0.25, 0.3) is 0 Å². The van der Waals surface area contributed by atoms with Crippen LogP contribution in [-0.4, -0.2) is 29.2 Å². The van der Waals surface area contributed by atoms with Gasteiger partial charge in [-0.1, -0.05) is 12.1 Å². The number of rotatable bonds is 2. The van der Waals surface area contributed by atoms with E-state index in [2.05, 4.69) is 4.90 Å². The Bertz CT molecular complexity index is 297. The average molecular weight is 181 g/mol. The molecule has 0 unspecified atom stereocenters. The Kier molecular flexibility index (Phi) is 2.29. The van der Waals surface area contributed by atoms with Crippen LogP contribution in [0.15, 0.2) is 24.3 Å². The molecule has 1 N–H and O–H groups in total. The van der Waals surface area contributed by atoms with Gasteiger partial charge < -0.3 is 5.11 Å². The van der Waals surface area contributed by atoms with E-state index in [1.807, 2.05) is 6.07 Å². The van der Waals surface area contributed by atoms with Gasteiger partial charge in [-0.15, -0.1) is 0 Å². The summed E-state index contributed by atoms with van der Waals surface area (Å²) in [5.74, 6) is -0.196. The van der Waals surface area contributed by atoms with Crippen molar-refractivity contribution in [3.05, 3.63) is 35.6 Å². The first-order chi connectivity index (χ1) is 6.24. The third kappa shape index (κ3) is 2.05. The molecule has 0 atom stereocenters. The first kappa shape index (κ1) is 8.66. The van der Waals surface area contributed by atoms with Crippen LogP contribution in [0.5, 0.6) is 0 Å². The van der Waals surface area contributed by atoms with Crippen LogP contribution < -0.4 is 0 Å². The number of aliphatic hydroxyl groups is 1. The van der Waals surface area contributed by atoms with Gasteiger partial charge in [0.25, 0.3) is 0 Å². The van der Waals surface area contributed by atoms with Gasteiger partial charge in [0.2, 0.25) is 0 Å². The molecule has 2 nitrogen and oxygen atoms in total. The van der Waals surface area contributed by atoms with Crippen LogP contribution >= 0.6 is 0 Å². The number of hydrogen-bond donors (Lipinski definition) is 1. The first-order valence-electron chi connectivity index (χ1n) is 4.39. The van der Waals surface area contributed by atoms with Crippen molar-refractivity contribution in [1.29, 1.82) is 0 Å². The highest BCUT2D eigenvalue weighted by Gasteiger charge is 2.23. The predicted molar refractivity (Wildman–Crippen MR) is 47.7 cm³/mol. The lowest BCUT2D eigenvalue weighted by Crippen LogP contribution is -2.49. The minimum atomic E-state index is -0.196. The fraction of sp³-hybridized carbons (Fsp3) is 0.400. The Morgan fingerprint density at radius 3 is 2.85 bits per heavy atom. The van der Waals surface area contributed by atoms with Gasteiger partial charge in [0.1, 0.15) is 5.82 Å². The largest absolute Gasteiger partial charge is 0.390 e. The summed E-state index contributed by atoms with van der Waals surface area (Å²) >= 11 is 0. The van der Waals surface area contributed by atoms with E-state index in [4.69, 9.17) is 5.11 Å². The topological polar surface area (TPSA) is 23.5 Å². The Balaban J connectivity index is 1.94. The number of nitrogens with zero attached hydrogens (tertiary/aromatic N) is 1. The molecule has 70 valence electrons. The van der Waals surface area contributed by atoms with Crippen LogP contribution in [0.3, 0.4) is 0 Å². The summed E-state index contributed by atoms with van der Waals surface area (Å²) < 4.78 is 12.7. The molecule has 0 aromatic heterocycles. The van der Waals surface area contributed by atoms with Crippen molar-refractivity contribution in [1.82, 2.24) is 4.90 Å². The summed E-state index contributed by atoms with van der Waals surface area (Å²) in [6.45, 7) is 2.14. The summed E-state index contributed by atoms with van der Waals surface area (Å²) in [6, 6.07) is 6.58. The Morgan fingerprint density at radius 2 is 2.23 bits per heavy atom. The smallest absolute Gasteiger partial charge is 0.123 e. The molecule has 0 saturated carbocycles. The molecule has 2 rings (SSSR count). The van der Waals surface area contributed by atoms with Crippen LogP contribution in [0.2, 0.25) is 0 Å². The molecule has 1 aromatic rings. The van der Waals surface area contributed by atoms with Crippen molar-refractivity contribution in [3.8, 4) is 0 Å². The lowest BCUT2D eigenvalue weighted by Gasteiger charge is -2.35. The van der Waals surface area contributed by atoms with Gasteiger partial charge in [-0.2, -0.15) is 0 Å². The molecule has 3 heteroatoms. The van der Waals surface area contributed by atoms with Crippen LogP contribution in [0.1, 0.15) is 5.56 Å². The van der Waals surface area contributed by atoms with Crippen molar-refractivity contribution in [2.24, 2.45) is 0 Å². The molecule has 1 fully saturated rings. The van der Waals surface area contributed by atoms with E-state index >= 15 is 0 Å². The fourth-order valence-corrected chi connectivity index (χ4v) is 1.57. The van der Waals surface area contributed by atoms with Crippen LogP contribution in [0.4, 0.5) is 4.39 Å². The summed E-state index contributed by atoms with van der Waals surface area (Å²) in [7, 11) is 0. The maximum atomic E-state index is 12.7. The molecule has 1 saturated heterocycles. The maximum absolute atomic E-state index is 12.7. The highest BCUT2D eigenvalue weighted by Crippen LogP contribution is 2.13. The van der Waals surface area contributed by atoms with E-state index in [1.165, 1.54) is 12.1 Å². The van der Waals surface area contributed by atoms with E-state index in [0.717, 1.165) is 12.1 Å². The molecule has 0 radical (unpaired) electrons. The highest BCUT2D eigenvalue weighted by atomic mass is 19.1. The minimum absolute atomic E-state index is 0.187. The monoisotopic (exact) mass is 181 g/mol. The number of benzene rings is 1. The van der Waals surface area contributed by atoms with Gasteiger partial charge in [0.15, 0.2) is 0 Å². The number of β-amino-alcohol motifs (C(OH)–C–C–N with tert-alkyl or cyclic N) is 1. The molecule has 0 aliphatic carbocycles. The van der Waals surface area contributed by atoms with E-state index in [-0.39, 0.29) is 11.9 Å². The van der Waals surface area contributed by atoms with Crippen LogP contribution in [0, 0.1) is 5.82 Å². The van der Waals surface area contributed by atoms with Crippen LogP contribution in [-0.2, 0) is 6.54 Å². The Labute approximate surface area is 76.6 Å². The quantitative estimate of drug-likeness (QED) is 0.735. The molecular weight excluding hydrogens is 169 g/mol. The standard InChI is InChI=1S/C10H12FNO/c11-9-3-1-2-8(4-9)5-12-6-10(13)7-12/h1-4,10,13H,5-7H2. The highest BCUT2D eigenvalue weighted by molar-refractivity contribution is 5.16.